The molecule has 0 bridgehead atoms. The van der Waals surface area contributed by atoms with Gasteiger partial charge < -0.3 is 14.9 Å². The molecule has 4 nitrogen and oxygen atoms in total. The first-order chi connectivity index (χ1) is 10.9. The first kappa shape index (κ1) is 18.1. The van der Waals surface area contributed by atoms with Crippen LogP contribution in [0.1, 0.15) is 60.3 Å². The molecule has 2 saturated carbocycles. The van der Waals surface area contributed by atoms with Crippen LogP contribution >= 0.6 is 0 Å². The summed E-state index contributed by atoms with van der Waals surface area (Å²) in [4.78, 5) is 13.2. The lowest BCUT2D eigenvalue weighted by atomic mass is 9.42. The fourth-order valence-electron chi connectivity index (χ4n) is 6.56. The van der Waals surface area contributed by atoms with Gasteiger partial charge in [0.25, 0.3) is 0 Å². The normalized spacial score (nSPS) is 53.9. The van der Waals surface area contributed by atoms with Crippen LogP contribution in [0, 0.1) is 22.7 Å². The minimum absolute atomic E-state index is 0.117. The van der Waals surface area contributed by atoms with E-state index in [1.165, 1.54) is 0 Å². The summed E-state index contributed by atoms with van der Waals surface area (Å²) >= 11 is 0. The van der Waals surface area contributed by atoms with Gasteiger partial charge in [-0.3, -0.25) is 4.79 Å². The molecule has 3 fully saturated rings. The minimum Gasteiger partial charge on any atom is -0.390 e. The third-order valence-corrected chi connectivity index (χ3v) is 7.31. The average molecular weight is 336 g/mol. The maximum atomic E-state index is 13.2. The number of ether oxygens (including phenoxy) is 1. The molecule has 136 valence electrons. The Morgan fingerprint density at radius 2 is 1.79 bits per heavy atom. The van der Waals surface area contributed by atoms with Crippen molar-refractivity contribution in [2.75, 3.05) is 0 Å². The molecule has 1 heterocycles. The largest absolute Gasteiger partial charge is 0.390 e. The molecule has 4 unspecified atom stereocenters. The molecule has 2 N–H and O–H groups in total. The first-order valence-electron chi connectivity index (χ1n) is 9.14. The zero-order valence-electron chi connectivity index (χ0n) is 15.6. The number of hydrogen-bond acceptors (Lipinski definition) is 4. The van der Waals surface area contributed by atoms with Crippen molar-refractivity contribution in [3.05, 3.63) is 12.7 Å². The number of carbonyl (C=O) groups is 1. The topological polar surface area (TPSA) is 66.8 Å². The molecule has 0 aromatic heterocycles. The van der Waals surface area contributed by atoms with Gasteiger partial charge in [-0.1, -0.05) is 33.3 Å². The van der Waals surface area contributed by atoms with Crippen LogP contribution in [0.3, 0.4) is 0 Å². The van der Waals surface area contributed by atoms with E-state index in [4.69, 9.17) is 4.74 Å². The maximum absolute atomic E-state index is 13.2. The molecule has 0 radical (unpaired) electrons. The average Bonchev–Trinajstić information content (AvgIpc) is 2.42. The van der Waals surface area contributed by atoms with Crippen molar-refractivity contribution in [3.63, 3.8) is 0 Å². The summed E-state index contributed by atoms with van der Waals surface area (Å²) in [7, 11) is 0. The van der Waals surface area contributed by atoms with E-state index >= 15 is 0 Å². The van der Waals surface area contributed by atoms with Gasteiger partial charge in [-0.2, -0.15) is 0 Å². The highest BCUT2D eigenvalue weighted by atomic mass is 16.5. The summed E-state index contributed by atoms with van der Waals surface area (Å²) in [5, 5.41) is 22.0. The quantitative estimate of drug-likeness (QED) is 0.723. The van der Waals surface area contributed by atoms with Gasteiger partial charge in [0.1, 0.15) is 17.5 Å². The number of carbonyl (C=O) groups excluding carboxylic acids is 1. The third-order valence-electron chi connectivity index (χ3n) is 7.31. The summed E-state index contributed by atoms with van der Waals surface area (Å²) in [5.74, 6) is -0.393. The molecular weight excluding hydrogens is 304 g/mol. The standard InChI is InChI=1S/C20H32O4/c1-7-18(4)11-12(21)14-19(5)10-8-9-17(2,3)15(19)13(22)16(23)20(14,6)24-18/h7,13-16,22-23H,1,8-11H2,2-6H3/t13?,14?,15?,16?,18-,19+,20-/m0/s1. The summed E-state index contributed by atoms with van der Waals surface area (Å²) in [6, 6.07) is 0. The Hall–Kier alpha value is -0.710. The number of aliphatic hydroxyl groups excluding tert-OH is 2. The van der Waals surface area contributed by atoms with Gasteiger partial charge in [0.2, 0.25) is 0 Å². The third kappa shape index (κ3) is 2.19. The monoisotopic (exact) mass is 336 g/mol. The molecule has 3 aliphatic rings. The van der Waals surface area contributed by atoms with Gasteiger partial charge in [0, 0.05) is 6.42 Å². The zero-order valence-corrected chi connectivity index (χ0v) is 15.6. The SMILES string of the molecule is C=C[C@@]1(C)CC(=O)C2[C@@]3(C)CCCC(C)(C)C3C(O)C(O)[C@@]2(C)O1. The summed E-state index contributed by atoms with van der Waals surface area (Å²) in [5.41, 5.74) is -2.37. The number of ketones is 1. The lowest BCUT2D eigenvalue weighted by Crippen LogP contribution is -2.75. The molecule has 0 spiro atoms. The first-order valence-corrected chi connectivity index (χ1v) is 9.14. The summed E-state index contributed by atoms with van der Waals surface area (Å²) < 4.78 is 6.30. The maximum Gasteiger partial charge on any atom is 0.142 e. The van der Waals surface area contributed by atoms with Crippen LogP contribution in [0.4, 0.5) is 0 Å². The fraction of sp³-hybridized carbons (Fsp3) is 0.850. The van der Waals surface area contributed by atoms with E-state index in [9.17, 15) is 15.0 Å². The van der Waals surface area contributed by atoms with Gasteiger partial charge in [-0.15, -0.1) is 6.58 Å². The number of rotatable bonds is 1. The van der Waals surface area contributed by atoms with Crippen molar-refractivity contribution in [2.45, 2.75) is 83.7 Å². The smallest absolute Gasteiger partial charge is 0.142 e. The van der Waals surface area contributed by atoms with Crippen molar-refractivity contribution in [3.8, 4) is 0 Å². The highest BCUT2D eigenvalue weighted by Gasteiger charge is 2.70. The zero-order chi connectivity index (χ0) is 18.1. The van der Waals surface area contributed by atoms with E-state index in [1.54, 1.807) is 13.0 Å². The second-order valence-electron chi connectivity index (χ2n) is 9.64. The van der Waals surface area contributed by atoms with Crippen molar-refractivity contribution in [1.29, 1.82) is 0 Å². The van der Waals surface area contributed by atoms with Crippen molar-refractivity contribution >= 4 is 5.78 Å². The van der Waals surface area contributed by atoms with Gasteiger partial charge in [0.05, 0.1) is 17.6 Å². The molecular formula is C20H32O4. The Morgan fingerprint density at radius 3 is 2.38 bits per heavy atom. The van der Waals surface area contributed by atoms with Crippen LogP contribution in [0.15, 0.2) is 12.7 Å². The predicted octanol–water partition coefficient (Wildman–Crippen LogP) is 2.86. The lowest BCUT2D eigenvalue weighted by molar-refractivity contribution is -0.304. The molecule has 4 heteroatoms. The summed E-state index contributed by atoms with van der Waals surface area (Å²) in [6.07, 6.45) is 2.85. The molecule has 7 atom stereocenters. The van der Waals surface area contributed by atoms with E-state index < -0.39 is 29.3 Å². The van der Waals surface area contributed by atoms with E-state index in [-0.39, 0.29) is 29.0 Å². The van der Waals surface area contributed by atoms with Crippen LogP contribution in [0.25, 0.3) is 0 Å². The van der Waals surface area contributed by atoms with Gasteiger partial charge >= 0.3 is 0 Å². The molecule has 0 aromatic rings. The molecule has 1 saturated heterocycles. The molecule has 2 aliphatic carbocycles. The Morgan fingerprint density at radius 1 is 1.17 bits per heavy atom. The molecule has 1 aliphatic heterocycles. The Kier molecular flexibility index (Phi) is 3.88. The number of Topliss-reactive ketones (excluding diaryl/α,β-unsaturated/α-hetero) is 1. The van der Waals surface area contributed by atoms with E-state index in [0.717, 1.165) is 19.3 Å². The predicted molar refractivity (Wildman–Crippen MR) is 92.4 cm³/mol. The Labute approximate surface area is 145 Å². The van der Waals surface area contributed by atoms with E-state index in [2.05, 4.69) is 27.4 Å². The number of fused-ring (bicyclic) bond motifs is 3. The van der Waals surface area contributed by atoms with Gasteiger partial charge in [0.15, 0.2) is 0 Å². The highest BCUT2D eigenvalue weighted by Crippen LogP contribution is 2.64. The molecule has 0 aromatic carbocycles. The van der Waals surface area contributed by atoms with Gasteiger partial charge in [-0.05, 0) is 43.4 Å². The Bertz CT molecular complexity index is 570. The van der Waals surface area contributed by atoms with Gasteiger partial charge in [-0.25, -0.2) is 0 Å². The van der Waals surface area contributed by atoms with E-state index in [0.29, 0.717) is 0 Å². The van der Waals surface area contributed by atoms with Crippen LogP contribution in [0.5, 0.6) is 0 Å². The van der Waals surface area contributed by atoms with E-state index in [1.807, 2.05) is 6.92 Å². The van der Waals surface area contributed by atoms with Crippen LogP contribution in [-0.2, 0) is 9.53 Å². The van der Waals surface area contributed by atoms with Crippen LogP contribution < -0.4 is 0 Å². The van der Waals surface area contributed by atoms with Crippen LogP contribution in [-0.4, -0.2) is 39.4 Å². The molecule has 0 amide bonds. The van der Waals surface area contributed by atoms with Crippen molar-refractivity contribution in [2.24, 2.45) is 22.7 Å². The van der Waals surface area contributed by atoms with Crippen molar-refractivity contribution in [1.82, 2.24) is 0 Å². The second-order valence-corrected chi connectivity index (χ2v) is 9.64. The van der Waals surface area contributed by atoms with Crippen LogP contribution in [0.2, 0.25) is 0 Å². The fourth-order valence-corrected chi connectivity index (χ4v) is 6.56. The molecule has 3 rings (SSSR count). The lowest BCUT2D eigenvalue weighted by Gasteiger charge is -2.66. The highest BCUT2D eigenvalue weighted by molar-refractivity contribution is 5.85. The second kappa shape index (κ2) is 5.15. The minimum atomic E-state index is -1.09. The number of hydrogen-bond donors (Lipinski definition) is 2. The summed E-state index contributed by atoms with van der Waals surface area (Å²) in [6.45, 7) is 13.9. The molecule has 24 heavy (non-hydrogen) atoms. The number of aliphatic hydroxyl groups is 2. The van der Waals surface area contributed by atoms with Crippen molar-refractivity contribution < 1.29 is 19.7 Å². The Balaban J connectivity index is 2.15.